The van der Waals surface area contributed by atoms with E-state index in [0.29, 0.717) is 13.1 Å². The van der Waals surface area contributed by atoms with E-state index in [4.69, 9.17) is 15.9 Å². The van der Waals surface area contributed by atoms with E-state index in [9.17, 15) is 4.79 Å². The van der Waals surface area contributed by atoms with Gasteiger partial charge in [-0.25, -0.2) is 4.79 Å². The summed E-state index contributed by atoms with van der Waals surface area (Å²) in [6.45, 7) is 6.56. The van der Waals surface area contributed by atoms with Gasteiger partial charge in [0.1, 0.15) is 5.60 Å². The van der Waals surface area contributed by atoms with Gasteiger partial charge in [-0.05, 0) is 20.8 Å². The van der Waals surface area contributed by atoms with Crippen molar-refractivity contribution in [3.05, 3.63) is 0 Å². The smallest absolute Gasteiger partial charge is 0.410 e. The molecule has 0 bridgehead atoms. The molecule has 1 rings (SSSR count). The number of likely N-dealkylation sites (tertiary alicyclic amines) is 1. The predicted molar refractivity (Wildman–Crippen MR) is 63.9 cm³/mol. The van der Waals surface area contributed by atoms with Gasteiger partial charge < -0.3 is 20.7 Å². The van der Waals surface area contributed by atoms with E-state index in [0.717, 1.165) is 0 Å². The topological polar surface area (TPSA) is 91.4 Å². The highest BCUT2D eigenvalue weighted by Gasteiger charge is 2.33. The van der Waals surface area contributed by atoms with Crippen molar-refractivity contribution in [1.82, 2.24) is 10.2 Å². The molecule has 0 spiro atoms. The third-order valence-corrected chi connectivity index (χ3v) is 1.89. The zero-order valence-electron chi connectivity index (χ0n) is 9.74. The first-order valence-corrected chi connectivity index (χ1v) is 4.86. The third-order valence-electron chi connectivity index (χ3n) is 1.89. The van der Waals surface area contributed by atoms with Crippen molar-refractivity contribution in [2.45, 2.75) is 32.4 Å². The van der Waals surface area contributed by atoms with Crippen LogP contribution >= 0.6 is 12.4 Å². The summed E-state index contributed by atoms with van der Waals surface area (Å²) in [6.07, 6.45) is -0.316. The van der Waals surface area contributed by atoms with Gasteiger partial charge in [0.15, 0.2) is 5.96 Å². The minimum absolute atomic E-state index is 0. The highest BCUT2D eigenvalue weighted by Crippen LogP contribution is 2.14. The minimum Gasteiger partial charge on any atom is -0.444 e. The molecule has 1 fully saturated rings. The van der Waals surface area contributed by atoms with Gasteiger partial charge in [-0.1, -0.05) is 0 Å². The maximum absolute atomic E-state index is 11.5. The van der Waals surface area contributed by atoms with Crippen LogP contribution in [0.2, 0.25) is 0 Å². The summed E-state index contributed by atoms with van der Waals surface area (Å²) in [5.74, 6) is -0.0659. The number of guanidine groups is 1. The zero-order valence-corrected chi connectivity index (χ0v) is 10.6. The lowest BCUT2D eigenvalue weighted by Crippen LogP contribution is -2.62. The standard InChI is InChI=1S/C9H18N4O2.ClH/c1-9(2,3)15-8(14)13-4-6(5-13)12-7(10)11;/h6H,4-5H2,1-3H3,(H4,10,11,12);1H. The first kappa shape index (κ1) is 14.8. The van der Waals surface area contributed by atoms with Crippen molar-refractivity contribution < 1.29 is 9.53 Å². The van der Waals surface area contributed by atoms with Crippen molar-refractivity contribution in [1.29, 1.82) is 5.41 Å². The van der Waals surface area contributed by atoms with Crippen LogP contribution in [0.4, 0.5) is 4.79 Å². The fraction of sp³-hybridized carbons (Fsp3) is 0.778. The van der Waals surface area contributed by atoms with Crippen LogP contribution in [0.25, 0.3) is 0 Å². The third kappa shape index (κ3) is 4.57. The molecule has 16 heavy (non-hydrogen) atoms. The molecule has 4 N–H and O–H groups in total. The van der Waals surface area contributed by atoms with Gasteiger partial charge in [-0.2, -0.15) is 0 Å². The number of hydrogen-bond acceptors (Lipinski definition) is 3. The summed E-state index contributed by atoms with van der Waals surface area (Å²) < 4.78 is 5.17. The van der Waals surface area contributed by atoms with E-state index in [-0.39, 0.29) is 30.5 Å². The molecule has 1 heterocycles. The van der Waals surface area contributed by atoms with Crippen molar-refractivity contribution in [2.75, 3.05) is 13.1 Å². The number of rotatable bonds is 1. The molecule has 1 aliphatic rings. The Bertz CT molecular complexity index is 271. The lowest BCUT2D eigenvalue weighted by Gasteiger charge is -2.39. The molecule has 0 aromatic rings. The Morgan fingerprint density at radius 2 is 2.00 bits per heavy atom. The van der Waals surface area contributed by atoms with Gasteiger partial charge in [-0.3, -0.25) is 5.41 Å². The van der Waals surface area contributed by atoms with Crippen LogP contribution in [0.15, 0.2) is 0 Å². The highest BCUT2D eigenvalue weighted by molar-refractivity contribution is 5.85. The van der Waals surface area contributed by atoms with Crippen LogP contribution in [0.3, 0.4) is 0 Å². The molecule has 1 aliphatic heterocycles. The lowest BCUT2D eigenvalue weighted by molar-refractivity contribution is 0.00704. The van der Waals surface area contributed by atoms with E-state index in [1.165, 1.54) is 0 Å². The number of halogens is 1. The van der Waals surface area contributed by atoms with Crippen LogP contribution in [0, 0.1) is 5.41 Å². The van der Waals surface area contributed by atoms with E-state index < -0.39 is 5.60 Å². The van der Waals surface area contributed by atoms with Crippen LogP contribution in [0.5, 0.6) is 0 Å². The Morgan fingerprint density at radius 3 is 2.38 bits per heavy atom. The van der Waals surface area contributed by atoms with Crippen LogP contribution < -0.4 is 11.1 Å². The van der Waals surface area contributed by atoms with Gasteiger partial charge >= 0.3 is 6.09 Å². The number of carbonyl (C=O) groups is 1. The van der Waals surface area contributed by atoms with E-state index >= 15 is 0 Å². The number of hydrogen-bond donors (Lipinski definition) is 3. The van der Waals surface area contributed by atoms with Crippen molar-refractivity contribution in [2.24, 2.45) is 5.73 Å². The second kappa shape index (κ2) is 5.25. The molecule has 0 saturated carbocycles. The van der Waals surface area contributed by atoms with Gasteiger partial charge in [0.25, 0.3) is 0 Å². The molecule has 0 atom stereocenters. The van der Waals surface area contributed by atoms with E-state index in [1.807, 2.05) is 20.8 Å². The Kier molecular flexibility index (Phi) is 4.86. The van der Waals surface area contributed by atoms with Gasteiger partial charge in [0, 0.05) is 13.1 Å². The molecule has 0 unspecified atom stereocenters. The largest absolute Gasteiger partial charge is 0.444 e. The van der Waals surface area contributed by atoms with Gasteiger partial charge in [0.2, 0.25) is 0 Å². The van der Waals surface area contributed by atoms with Gasteiger partial charge in [0.05, 0.1) is 6.04 Å². The van der Waals surface area contributed by atoms with Crippen LogP contribution in [0.1, 0.15) is 20.8 Å². The van der Waals surface area contributed by atoms with Crippen molar-refractivity contribution in [3.8, 4) is 0 Å². The molecule has 1 amide bonds. The number of carbonyl (C=O) groups excluding carboxylic acids is 1. The summed E-state index contributed by atoms with van der Waals surface area (Å²) in [4.78, 5) is 13.0. The Hall–Kier alpha value is -1.17. The first-order chi connectivity index (χ1) is 6.78. The fourth-order valence-electron chi connectivity index (χ4n) is 1.27. The average Bonchev–Trinajstić information content (AvgIpc) is 1.91. The molecule has 0 radical (unpaired) electrons. The maximum atomic E-state index is 11.5. The van der Waals surface area contributed by atoms with Crippen molar-refractivity contribution >= 4 is 24.5 Å². The minimum atomic E-state index is -0.462. The summed E-state index contributed by atoms with van der Waals surface area (Å²) in [5.41, 5.74) is 4.70. The summed E-state index contributed by atoms with van der Waals surface area (Å²) in [7, 11) is 0. The number of ether oxygens (including phenoxy) is 1. The fourth-order valence-corrected chi connectivity index (χ4v) is 1.27. The van der Waals surface area contributed by atoms with Crippen LogP contribution in [-0.4, -0.2) is 41.7 Å². The average molecular weight is 251 g/mol. The molecule has 6 nitrogen and oxygen atoms in total. The number of amides is 1. The molecule has 0 aromatic heterocycles. The molecule has 0 aromatic carbocycles. The molecule has 1 saturated heterocycles. The van der Waals surface area contributed by atoms with Crippen molar-refractivity contribution in [3.63, 3.8) is 0 Å². The molecule has 0 aliphatic carbocycles. The number of nitrogens with zero attached hydrogens (tertiary/aromatic N) is 1. The SMILES string of the molecule is CC(C)(C)OC(=O)N1CC(NC(=N)N)C1.Cl. The quantitative estimate of drug-likeness (QED) is 0.467. The zero-order chi connectivity index (χ0) is 11.6. The summed E-state index contributed by atoms with van der Waals surface area (Å²) in [5, 5.41) is 9.75. The highest BCUT2D eigenvalue weighted by atomic mass is 35.5. The molecule has 7 heteroatoms. The monoisotopic (exact) mass is 250 g/mol. The van der Waals surface area contributed by atoms with E-state index in [2.05, 4.69) is 5.32 Å². The predicted octanol–water partition coefficient (Wildman–Crippen LogP) is 0.511. The second-order valence-electron chi connectivity index (χ2n) is 4.64. The Morgan fingerprint density at radius 1 is 1.50 bits per heavy atom. The molecular weight excluding hydrogens is 232 g/mol. The first-order valence-electron chi connectivity index (χ1n) is 4.86. The van der Waals surface area contributed by atoms with Crippen LogP contribution in [-0.2, 0) is 4.74 Å². The normalized spacial score (nSPS) is 15.8. The second-order valence-corrected chi connectivity index (χ2v) is 4.64. The Labute approximate surface area is 101 Å². The summed E-state index contributed by atoms with van der Waals surface area (Å²) in [6, 6.07) is 0.0787. The van der Waals surface area contributed by atoms with E-state index in [1.54, 1.807) is 4.90 Å². The molecule has 94 valence electrons. The Balaban J connectivity index is 0.00000225. The number of nitrogens with two attached hydrogens (primary N) is 1. The summed E-state index contributed by atoms with van der Waals surface area (Å²) >= 11 is 0. The number of nitrogens with one attached hydrogen (secondary N) is 2. The maximum Gasteiger partial charge on any atom is 0.410 e. The van der Waals surface area contributed by atoms with Gasteiger partial charge in [-0.15, -0.1) is 12.4 Å². The lowest BCUT2D eigenvalue weighted by atomic mass is 10.1. The molecular formula is C9H19ClN4O2.